The molecule has 120 valence electrons. The van der Waals surface area contributed by atoms with E-state index < -0.39 is 22.6 Å². The lowest BCUT2D eigenvalue weighted by Crippen LogP contribution is -3.03. The molecule has 1 saturated carbocycles. The molecule has 0 aromatic carbocycles. The van der Waals surface area contributed by atoms with Gasteiger partial charge in [0.1, 0.15) is 0 Å². The predicted molar refractivity (Wildman–Crippen MR) is 78.6 cm³/mol. The molecule has 2 bridgehead atoms. The van der Waals surface area contributed by atoms with Crippen molar-refractivity contribution in [1.29, 1.82) is 21.2 Å². The average Bonchev–Trinajstić information content (AvgIpc) is 3.19. The van der Waals surface area contributed by atoms with Gasteiger partial charge < -0.3 is 9.15 Å². The fraction of sp³-hybridized carbons (Fsp3) is 0.529. The van der Waals surface area contributed by atoms with Gasteiger partial charge in [0.25, 0.3) is 0 Å². The van der Waals surface area contributed by atoms with E-state index in [0.29, 0.717) is 18.6 Å². The molecule has 7 nitrogen and oxygen atoms in total. The summed E-state index contributed by atoms with van der Waals surface area (Å²) in [7, 11) is 0. The zero-order valence-electron chi connectivity index (χ0n) is 13.0. The second-order valence-corrected chi connectivity index (χ2v) is 6.80. The molecule has 1 aromatic heterocycles. The third-order valence-electron chi connectivity index (χ3n) is 5.99. The lowest BCUT2D eigenvalue weighted by molar-refractivity contribution is -0.821. The van der Waals surface area contributed by atoms with Crippen molar-refractivity contribution < 1.29 is 14.5 Å². The van der Waals surface area contributed by atoms with Gasteiger partial charge in [-0.15, -0.1) is 0 Å². The maximum Gasteiger partial charge on any atom is 0.247 e. The Morgan fingerprint density at radius 3 is 2.62 bits per heavy atom. The second kappa shape index (κ2) is 4.60. The van der Waals surface area contributed by atoms with E-state index in [-0.39, 0.29) is 11.8 Å². The number of quaternary nitrogens is 1. The Morgan fingerprint density at radius 1 is 1.21 bits per heavy atom. The summed E-state index contributed by atoms with van der Waals surface area (Å²) in [6.45, 7) is 0. The maximum absolute atomic E-state index is 10.1. The van der Waals surface area contributed by atoms with Crippen molar-refractivity contribution in [2.75, 3.05) is 0 Å². The van der Waals surface area contributed by atoms with Crippen LogP contribution in [0.1, 0.15) is 37.5 Å². The number of rotatable bonds is 1. The molecule has 3 aliphatic rings. The molecule has 24 heavy (non-hydrogen) atoms. The number of nitrogens with two attached hydrogens (primary N) is 1. The molecular weight excluding hydrogens is 306 g/mol. The largest absolute Gasteiger partial charge is 0.463 e. The van der Waals surface area contributed by atoms with Crippen molar-refractivity contribution in [3.63, 3.8) is 0 Å². The number of ether oxygens (including phenoxy) is 1. The van der Waals surface area contributed by atoms with Gasteiger partial charge in [0, 0.05) is 6.42 Å². The van der Waals surface area contributed by atoms with Gasteiger partial charge in [-0.25, -0.2) is 0 Å². The molecule has 3 heterocycles. The van der Waals surface area contributed by atoms with Crippen molar-refractivity contribution in [2.45, 2.75) is 37.5 Å². The highest BCUT2D eigenvalue weighted by atomic mass is 16.5. The van der Waals surface area contributed by atoms with Gasteiger partial charge in [-0.05, 0) is 25.0 Å². The van der Waals surface area contributed by atoms with Crippen LogP contribution in [0.2, 0.25) is 0 Å². The number of hydrogen-bond acceptors (Lipinski definition) is 6. The molecule has 3 N–H and O–H groups in total. The van der Waals surface area contributed by atoms with Crippen LogP contribution in [0.4, 0.5) is 0 Å². The highest BCUT2D eigenvalue weighted by Crippen LogP contribution is 2.63. The predicted octanol–water partition coefficient (Wildman–Crippen LogP) is 1.34. The number of piperidine rings is 1. The molecule has 1 aromatic rings. The first-order valence-corrected chi connectivity index (χ1v) is 8.01. The van der Waals surface area contributed by atoms with E-state index in [9.17, 15) is 15.8 Å². The summed E-state index contributed by atoms with van der Waals surface area (Å²) in [4.78, 5) is 0. The summed E-state index contributed by atoms with van der Waals surface area (Å²) in [5, 5.41) is 40.3. The molecule has 4 atom stereocenters. The first-order valence-electron chi connectivity index (χ1n) is 8.01. The zero-order valence-corrected chi connectivity index (χ0v) is 13.0. The highest BCUT2D eigenvalue weighted by Gasteiger charge is 2.82. The molecule has 7 heteroatoms. The number of hydrogen-bond donors (Lipinski definition) is 2. The van der Waals surface area contributed by atoms with E-state index in [1.165, 1.54) is 6.26 Å². The molecule has 0 unspecified atom stereocenters. The number of furan rings is 1. The van der Waals surface area contributed by atoms with Crippen LogP contribution in [0.15, 0.2) is 22.8 Å². The Morgan fingerprint density at radius 2 is 2.00 bits per heavy atom. The van der Waals surface area contributed by atoms with Crippen molar-refractivity contribution >= 4 is 5.90 Å². The summed E-state index contributed by atoms with van der Waals surface area (Å²) in [5.41, 5.74) is -4.07. The third kappa shape index (κ3) is 1.36. The summed E-state index contributed by atoms with van der Waals surface area (Å²) < 4.78 is 11.4. The van der Waals surface area contributed by atoms with Gasteiger partial charge in [0.2, 0.25) is 17.0 Å². The van der Waals surface area contributed by atoms with Crippen LogP contribution in [0.3, 0.4) is 0 Å². The smallest absolute Gasteiger partial charge is 0.247 e. The molecular formula is C17H16N5O2+. The van der Waals surface area contributed by atoms with Crippen LogP contribution in [-0.2, 0) is 4.74 Å². The SMILES string of the molecule is N#CC1(C#N)[C@@H](c2ccco2)[NH2+][C@@]23CCCC[C@H]2[C@]1(C#N)C(=N)O3. The van der Waals surface area contributed by atoms with Crippen LogP contribution in [0.25, 0.3) is 0 Å². The van der Waals surface area contributed by atoms with Gasteiger partial charge in [0.05, 0.1) is 30.4 Å². The number of nitriles is 3. The molecule has 0 amide bonds. The molecule has 1 aliphatic carbocycles. The Balaban J connectivity index is 2.02. The third-order valence-corrected chi connectivity index (χ3v) is 5.99. The Hall–Kier alpha value is -2.82. The molecule has 0 spiro atoms. The van der Waals surface area contributed by atoms with Crippen LogP contribution < -0.4 is 5.32 Å². The summed E-state index contributed by atoms with van der Waals surface area (Å²) in [6, 6.07) is 9.05. The van der Waals surface area contributed by atoms with Crippen molar-refractivity contribution in [1.82, 2.24) is 0 Å². The fourth-order valence-electron chi connectivity index (χ4n) is 4.96. The van der Waals surface area contributed by atoms with Crippen LogP contribution >= 0.6 is 0 Å². The van der Waals surface area contributed by atoms with Crippen molar-refractivity contribution in [3.05, 3.63) is 24.2 Å². The highest BCUT2D eigenvalue weighted by molar-refractivity contribution is 5.89. The summed E-state index contributed by atoms with van der Waals surface area (Å²) in [6.07, 6.45) is 4.67. The standard InChI is InChI=1S/C17H15N5O2/c18-8-15(9-19)13(11-4-3-7-23-11)22-17-6-2-1-5-12(17)16(15,10-20)14(21)24-17/h3-4,7,12-13,21-22H,1-2,5-6H2/p+1/t12-,13+,16+,17+/m0/s1. The average molecular weight is 322 g/mol. The van der Waals surface area contributed by atoms with E-state index in [1.807, 2.05) is 5.32 Å². The van der Waals surface area contributed by atoms with Gasteiger partial charge in [0.15, 0.2) is 17.2 Å². The molecule has 2 saturated heterocycles. The fourth-order valence-corrected chi connectivity index (χ4v) is 4.96. The van der Waals surface area contributed by atoms with Gasteiger partial charge in [-0.1, -0.05) is 6.42 Å². The Labute approximate surface area is 138 Å². The van der Waals surface area contributed by atoms with Crippen LogP contribution in [0.5, 0.6) is 0 Å². The van der Waals surface area contributed by atoms with Gasteiger partial charge >= 0.3 is 0 Å². The van der Waals surface area contributed by atoms with E-state index in [0.717, 1.165) is 12.8 Å². The quantitative estimate of drug-likeness (QED) is 0.804. The van der Waals surface area contributed by atoms with E-state index in [1.54, 1.807) is 12.1 Å². The first kappa shape index (κ1) is 14.8. The maximum atomic E-state index is 10.1. The van der Waals surface area contributed by atoms with Crippen molar-refractivity contribution in [2.24, 2.45) is 16.7 Å². The number of nitrogens with one attached hydrogen (secondary N) is 1. The summed E-state index contributed by atoms with van der Waals surface area (Å²) in [5.74, 6) is -0.133. The van der Waals surface area contributed by atoms with Gasteiger partial charge in [-0.2, -0.15) is 15.8 Å². The zero-order chi connectivity index (χ0) is 17.0. The molecule has 3 fully saturated rings. The molecule has 2 aliphatic heterocycles. The lowest BCUT2D eigenvalue weighted by Gasteiger charge is -2.48. The van der Waals surface area contributed by atoms with Crippen LogP contribution in [-0.4, -0.2) is 11.6 Å². The summed E-state index contributed by atoms with van der Waals surface area (Å²) >= 11 is 0. The lowest BCUT2D eigenvalue weighted by atomic mass is 9.50. The number of nitrogens with zero attached hydrogens (tertiary/aromatic N) is 3. The molecule has 0 radical (unpaired) electrons. The van der Waals surface area contributed by atoms with Gasteiger partial charge in [-0.3, -0.25) is 10.7 Å². The normalized spacial score (nSPS) is 39.0. The van der Waals surface area contributed by atoms with E-state index in [4.69, 9.17) is 14.6 Å². The first-order chi connectivity index (χ1) is 11.6. The Bertz CT molecular complexity index is 813. The van der Waals surface area contributed by atoms with E-state index >= 15 is 0 Å². The van der Waals surface area contributed by atoms with E-state index in [2.05, 4.69) is 18.2 Å². The second-order valence-electron chi connectivity index (χ2n) is 6.80. The monoisotopic (exact) mass is 322 g/mol. The minimum absolute atomic E-state index is 0.245. The minimum Gasteiger partial charge on any atom is -0.463 e. The molecule has 4 rings (SSSR count). The topological polar surface area (TPSA) is 134 Å². The van der Waals surface area contributed by atoms with Crippen LogP contribution in [0, 0.1) is 56.2 Å². The van der Waals surface area contributed by atoms with Crippen molar-refractivity contribution in [3.8, 4) is 18.2 Å². The minimum atomic E-state index is -1.74. The Kier molecular flexibility index (Phi) is 2.83.